The second-order valence-corrected chi connectivity index (χ2v) is 9.69. The van der Waals surface area contributed by atoms with E-state index in [2.05, 4.69) is 13.8 Å². The van der Waals surface area contributed by atoms with Crippen LogP contribution in [0, 0.1) is 11.8 Å². The number of carbonyl (C=O) groups is 2. The van der Waals surface area contributed by atoms with Crippen molar-refractivity contribution < 1.29 is 14.3 Å². The molecule has 0 spiro atoms. The molecule has 1 aromatic heterocycles. The van der Waals surface area contributed by atoms with E-state index in [-0.39, 0.29) is 17.9 Å². The van der Waals surface area contributed by atoms with Crippen molar-refractivity contribution in [2.45, 2.75) is 32.2 Å². The third-order valence-corrected chi connectivity index (χ3v) is 7.20. The first-order valence-corrected chi connectivity index (χ1v) is 11.6. The Morgan fingerprint density at radius 2 is 1.87 bits per heavy atom. The molecule has 0 unspecified atom stereocenters. The molecule has 4 atom stereocenters. The summed E-state index contributed by atoms with van der Waals surface area (Å²) in [6, 6.07) is 11.4. The van der Waals surface area contributed by atoms with Gasteiger partial charge < -0.3 is 14.5 Å². The van der Waals surface area contributed by atoms with E-state index >= 15 is 0 Å². The summed E-state index contributed by atoms with van der Waals surface area (Å²) >= 11 is 1.61. The van der Waals surface area contributed by atoms with Crippen LogP contribution in [0.1, 0.15) is 53.0 Å². The minimum atomic E-state index is -0.396. The summed E-state index contributed by atoms with van der Waals surface area (Å²) in [6.07, 6.45) is 1.15. The van der Waals surface area contributed by atoms with Crippen molar-refractivity contribution in [3.8, 4) is 0 Å². The van der Waals surface area contributed by atoms with E-state index in [0.29, 0.717) is 30.6 Å². The minimum absolute atomic E-state index is 0.0227. The molecule has 2 aliphatic heterocycles. The number of carbonyl (C=O) groups excluding carboxylic acids is 2. The molecule has 0 radical (unpaired) electrons. The topological polar surface area (TPSA) is 49.9 Å². The van der Waals surface area contributed by atoms with E-state index in [9.17, 15) is 9.59 Å². The van der Waals surface area contributed by atoms with Crippen LogP contribution in [0.25, 0.3) is 0 Å². The number of hydrogen-bond donors (Lipinski definition) is 0. The molecule has 0 bridgehead atoms. The predicted octanol–water partition coefficient (Wildman–Crippen LogP) is 4.18. The van der Waals surface area contributed by atoms with Gasteiger partial charge in [-0.25, -0.2) is 0 Å². The Labute approximate surface area is 182 Å². The summed E-state index contributed by atoms with van der Waals surface area (Å²) in [7, 11) is 1.64. The zero-order chi connectivity index (χ0) is 21.3. The van der Waals surface area contributed by atoms with Crippen LogP contribution in [0.5, 0.6) is 0 Å². The van der Waals surface area contributed by atoms with Gasteiger partial charge in [-0.1, -0.05) is 38.1 Å². The Hall–Kier alpha value is -2.18. The number of ether oxygens (including phenoxy) is 1. The van der Waals surface area contributed by atoms with Crippen molar-refractivity contribution >= 4 is 23.2 Å². The number of methoxy groups -OCH3 is 1. The lowest BCUT2D eigenvalue weighted by atomic mass is 9.80. The predicted molar refractivity (Wildman–Crippen MR) is 119 cm³/mol. The molecule has 3 heterocycles. The fraction of sp³-hybridized carbons (Fsp3) is 0.500. The molecule has 2 aliphatic rings. The first kappa shape index (κ1) is 21.1. The lowest BCUT2D eigenvalue weighted by Gasteiger charge is -2.44. The van der Waals surface area contributed by atoms with Crippen LogP contribution in [-0.4, -0.2) is 55.0 Å². The normalized spacial score (nSPS) is 26.6. The average Bonchev–Trinajstić information content (AvgIpc) is 3.26. The van der Waals surface area contributed by atoms with Crippen LogP contribution in [0.3, 0.4) is 0 Å². The number of amides is 2. The monoisotopic (exact) mass is 426 g/mol. The van der Waals surface area contributed by atoms with E-state index in [4.69, 9.17) is 4.74 Å². The van der Waals surface area contributed by atoms with Crippen molar-refractivity contribution in [1.82, 2.24) is 9.80 Å². The number of hydrogen-bond acceptors (Lipinski definition) is 4. The maximum Gasteiger partial charge on any atom is 0.254 e. The highest BCUT2D eigenvalue weighted by Gasteiger charge is 2.46. The van der Waals surface area contributed by atoms with Crippen LogP contribution in [0.15, 0.2) is 41.8 Å². The van der Waals surface area contributed by atoms with E-state index in [1.54, 1.807) is 18.4 Å². The number of rotatable bonds is 5. The van der Waals surface area contributed by atoms with Gasteiger partial charge in [0.2, 0.25) is 5.91 Å². The van der Waals surface area contributed by atoms with Crippen molar-refractivity contribution in [1.29, 1.82) is 0 Å². The second-order valence-electron chi connectivity index (χ2n) is 8.71. The van der Waals surface area contributed by atoms with Gasteiger partial charge in [0, 0.05) is 37.2 Å². The summed E-state index contributed by atoms with van der Waals surface area (Å²) in [5.41, 5.74) is 1.49. The molecule has 2 amide bonds. The van der Waals surface area contributed by atoms with E-state index < -0.39 is 5.92 Å². The zero-order valence-corrected chi connectivity index (χ0v) is 18.7. The fourth-order valence-electron chi connectivity index (χ4n) is 5.11. The first-order chi connectivity index (χ1) is 14.5. The van der Waals surface area contributed by atoms with Gasteiger partial charge in [-0.15, -0.1) is 11.3 Å². The molecular weight excluding hydrogens is 396 g/mol. The highest BCUT2D eigenvalue weighted by molar-refractivity contribution is 7.10. The van der Waals surface area contributed by atoms with Crippen LogP contribution in [0.4, 0.5) is 0 Å². The molecule has 30 heavy (non-hydrogen) atoms. The van der Waals surface area contributed by atoms with Gasteiger partial charge >= 0.3 is 0 Å². The molecule has 1 aromatic carbocycles. The van der Waals surface area contributed by atoms with Gasteiger partial charge in [-0.05, 0) is 41.3 Å². The molecular formula is C24H30N2O3S. The van der Waals surface area contributed by atoms with Crippen molar-refractivity contribution in [3.63, 3.8) is 0 Å². The third-order valence-electron chi connectivity index (χ3n) is 6.26. The van der Waals surface area contributed by atoms with Crippen molar-refractivity contribution in [2.24, 2.45) is 11.8 Å². The number of thiophene rings is 1. The second kappa shape index (κ2) is 8.90. The largest absolute Gasteiger partial charge is 0.383 e. The molecule has 0 N–H and O–H groups in total. The minimum Gasteiger partial charge on any atom is -0.383 e. The Balaban J connectivity index is 1.80. The molecule has 160 valence electrons. The highest BCUT2D eigenvalue weighted by atomic mass is 32.1. The molecule has 0 saturated carbocycles. The SMILES string of the molecule is COCCN1C(=O)c2ccccc2[C@H](C(=O)N2C[C@H](C)C[C@H](C)C2)[C@@H]1c1cccs1. The van der Waals surface area contributed by atoms with Crippen LogP contribution in [0.2, 0.25) is 0 Å². The number of piperidine rings is 1. The molecule has 6 heteroatoms. The number of likely N-dealkylation sites (tertiary alicyclic amines) is 1. The smallest absolute Gasteiger partial charge is 0.254 e. The average molecular weight is 427 g/mol. The van der Waals surface area contributed by atoms with Crippen LogP contribution < -0.4 is 0 Å². The third kappa shape index (κ3) is 3.91. The molecule has 5 nitrogen and oxygen atoms in total. The molecule has 1 saturated heterocycles. The Morgan fingerprint density at radius 1 is 1.13 bits per heavy atom. The number of benzene rings is 1. The van der Waals surface area contributed by atoms with Gasteiger partial charge in [-0.2, -0.15) is 0 Å². The maximum atomic E-state index is 14.0. The van der Waals surface area contributed by atoms with Crippen molar-refractivity contribution in [3.05, 3.63) is 57.8 Å². The summed E-state index contributed by atoms with van der Waals surface area (Å²) in [4.78, 5) is 32.4. The lowest BCUT2D eigenvalue weighted by molar-refractivity contribution is -0.137. The first-order valence-electron chi connectivity index (χ1n) is 10.7. The maximum absolute atomic E-state index is 14.0. The zero-order valence-electron chi connectivity index (χ0n) is 17.9. The van der Waals surface area contributed by atoms with Gasteiger partial charge in [-0.3, -0.25) is 9.59 Å². The summed E-state index contributed by atoms with van der Waals surface area (Å²) in [5.74, 6) is 0.692. The highest BCUT2D eigenvalue weighted by Crippen LogP contribution is 2.45. The van der Waals surface area contributed by atoms with Crippen molar-refractivity contribution in [2.75, 3.05) is 33.4 Å². The molecule has 2 aromatic rings. The van der Waals surface area contributed by atoms with E-state index in [1.165, 1.54) is 0 Å². The quantitative estimate of drug-likeness (QED) is 0.721. The van der Waals surface area contributed by atoms with E-state index in [0.717, 1.165) is 30.0 Å². The van der Waals surface area contributed by atoms with Gasteiger partial charge in [0.25, 0.3) is 5.91 Å². The Kier molecular flexibility index (Phi) is 6.25. The Morgan fingerprint density at radius 3 is 2.53 bits per heavy atom. The van der Waals surface area contributed by atoms with E-state index in [1.807, 2.05) is 51.6 Å². The van der Waals surface area contributed by atoms with Crippen LogP contribution >= 0.6 is 11.3 Å². The standard InChI is InChI=1S/C24H30N2O3S/c1-16-13-17(2)15-25(14-16)24(28)21-18-7-4-5-8-19(18)23(27)26(10-11-29-3)22(21)20-9-6-12-30-20/h4-9,12,16-17,21-22H,10-11,13-15H2,1-3H3/t16-,17+,21-,22-/m0/s1. The molecule has 1 fully saturated rings. The lowest BCUT2D eigenvalue weighted by Crippen LogP contribution is -2.51. The Bertz CT molecular complexity index is 888. The fourth-order valence-corrected chi connectivity index (χ4v) is 5.98. The van der Waals surface area contributed by atoms with Gasteiger partial charge in [0.15, 0.2) is 0 Å². The van der Waals surface area contributed by atoms with Gasteiger partial charge in [0.05, 0.1) is 18.6 Å². The number of fused-ring (bicyclic) bond motifs is 1. The summed E-state index contributed by atoms with van der Waals surface area (Å²) < 4.78 is 5.30. The summed E-state index contributed by atoms with van der Waals surface area (Å²) in [5, 5.41) is 2.02. The number of nitrogens with zero attached hydrogens (tertiary/aromatic N) is 2. The molecule has 4 rings (SSSR count). The molecule has 0 aliphatic carbocycles. The van der Waals surface area contributed by atoms with Gasteiger partial charge in [0.1, 0.15) is 0 Å². The summed E-state index contributed by atoms with van der Waals surface area (Å²) in [6.45, 7) is 6.90. The van der Waals surface area contributed by atoms with Crippen LogP contribution in [-0.2, 0) is 9.53 Å².